The van der Waals surface area contributed by atoms with Crippen LogP contribution in [-0.4, -0.2) is 26.8 Å². The molecule has 2 nitrogen and oxygen atoms in total. The molecule has 0 spiro atoms. The summed E-state index contributed by atoms with van der Waals surface area (Å²) in [5, 5.41) is 3.19. The van der Waals surface area contributed by atoms with E-state index in [1.165, 1.54) is 19.3 Å². The molecule has 0 atom stereocenters. The van der Waals surface area contributed by atoms with E-state index >= 15 is 0 Å². The van der Waals surface area contributed by atoms with Gasteiger partial charge in [-0.05, 0) is 32.4 Å². The zero-order valence-corrected chi connectivity index (χ0v) is 9.23. The monoisotopic (exact) mass is 185 g/mol. The summed E-state index contributed by atoms with van der Waals surface area (Å²) in [6, 6.07) is 0. The molecule has 1 heterocycles. The van der Waals surface area contributed by atoms with Crippen molar-refractivity contribution in [2.45, 2.75) is 33.1 Å². The Morgan fingerprint density at radius 1 is 1.31 bits per heavy atom. The molecule has 1 saturated heterocycles. The maximum atomic E-state index is 5.34. The summed E-state index contributed by atoms with van der Waals surface area (Å²) in [5.41, 5.74) is 0.522. The maximum Gasteiger partial charge on any atom is 0.0547 e. The van der Waals surface area contributed by atoms with Crippen LogP contribution in [-0.2, 0) is 4.74 Å². The molecule has 1 aliphatic rings. The van der Waals surface area contributed by atoms with Gasteiger partial charge in [0.05, 0.1) is 13.2 Å². The Bertz CT molecular complexity index is 141. The van der Waals surface area contributed by atoms with Crippen LogP contribution in [0.15, 0.2) is 0 Å². The Hall–Kier alpha value is -0.0800. The lowest BCUT2D eigenvalue weighted by Gasteiger charge is -2.45. The summed E-state index contributed by atoms with van der Waals surface area (Å²) >= 11 is 0. The van der Waals surface area contributed by atoms with Crippen LogP contribution in [0.1, 0.15) is 33.1 Å². The van der Waals surface area contributed by atoms with Gasteiger partial charge in [0.25, 0.3) is 0 Å². The predicted molar refractivity (Wildman–Crippen MR) is 55.9 cm³/mol. The van der Waals surface area contributed by atoms with Crippen LogP contribution in [0.5, 0.6) is 0 Å². The summed E-state index contributed by atoms with van der Waals surface area (Å²) in [6.07, 6.45) is 3.97. The Labute approximate surface area is 82.0 Å². The number of hydrogen-bond donors (Lipinski definition) is 1. The first-order valence-corrected chi connectivity index (χ1v) is 5.43. The SMILES string of the molecule is CNCCCCC1(C(C)C)COC1. The number of hydrogen-bond acceptors (Lipinski definition) is 2. The van der Waals surface area contributed by atoms with E-state index in [9.17, 15) is 0 Å². The lowest BCUT2D eigenvalue weighted by Crippen LogP contribution is -2.46. The predicted octanol–water partition coefficient (Wildman–Crippen LogP) is 2.05. The summed E-state index contributed by atoms with van der Waals surface area (Å²) in [5.74, 6) is 0.774. The number of unbranched alkanes of at least 4 members (excludes halogenated alkanes) is 1. The highest BCUT2D eigenvalue weighted by molar-refractivity contribution is 4.88. The van der Waals surface area contributed by atoms with Crippen LogP contribution in [0.2, 0.25) is 0 Å². The highest BCUT2D eigenvalue weighted by Crippen LogP contribution is 2.40. The molecule has 1 rings (SSSR count). The molecular formula is C11H23NO. The fourth-order valence-electron chi connectivity index (χ4n) is 1.91. The second-order valence-corrected chi connectivity index (χ2v) is 4.57. The standard InChI is InChI=1S/C11H23NO/c1-10(2)11(8-13-9-11)6-4-5-7-12-3/h10,12H,4-9H2,1-3H3. The molecule has 0 aromatic heterocycles. The lowest BCUT2D eigenvalue weighted by molar-refractivity contribution is -0.144. The van der Waals surface area contributed by atoms with E-state index in [2.05, 4.69) is 19.2 Å². The van der Waals surface area contributed by atoms with Gasteiger partial charge in [-0.2, -0.15) is 0 Å². The largest absolute Gasteiger partial charge is 0.380 e. The van der Waals surface area contributed by atoms with Gasteiger partial charge in [-0.25, -0.2) is 0 Å². The van der Waals surface area contributed by atoms with Gasteiger partial charge in [-0.15, -0.1) is 0 Å². The molecule has 13 heavy (non-hydrogen) atoms. The van der Waals surface area contributed by atoms with Gasteiger partial charge >= 0.3 is 0 Å². The van der Waals surface area contributed by atoms with Gasteiger partial charge in [0, 0.05) is 5.41 Å². The van der Waals surface area contributed by atoms with Crippen molar-refractivity contribution < 1.29 is 4.74 Å². The smallest absolute Gasteiger partial charge is 0.0547 e. The highest BCUT2D eigenvalue weighted by Gasteiger charge is 2.40. The van der Waals surface area contributed by atoms with Crippen LogP contribution in [0.3, 0.4) is 0 Å². The first kappa shape index (κ1) is 11.0. The quantitative estimate of drug-likeness (QED) is 0.639. The van der Waals surface area contributed by atoms with Crippen molar-refractivity contribution in [3.05, 3.63) is 0 Å². The minimum Gasteiger partial charge on any atom is -0.380 e. The third kappa shape index (κ3) is 2.68. The van der Waals surface area contributed by atoms with Crippen LogP contribution in [0.4, 0.5) is 0 Å². The van der Waals surface area contributed by atoms with E-state index < -0.39 is 0 Å². The topological polar surface area (TPSA) is 21.3 Å². The molecule has 78 valence electrons. The van der Waals surface area contributed by atoms with Crippen molar-refractivity contribution in [3.8, 4) is 0 Å². The maximum absolute atomic E-state index is 5.34. The van der Waals surface area contributed by atoms with E-state index in [1.54, 1.807) is 0 Å². The first-order valence-electron chi connectivity index (χ1n) is 5.43. The summed E-state index contributed by atoms with van der Waals surface area (Å²) < 4.78 is 5.34. The van der Waals surface area contributed by atoms with E-state index in [1.807, 2.05) is 7.05 Å². The van der Waals surface area contributed by atoms with Crippen molar-refractivity contribution >= 4 is 0 Å². The molecule has 0 aromatic rings. The second-order valence-electron chi connectivity index (χ2n) is 4.57. The molecule has 2 heteroatoms. The zero-order chi connectivity index (χ0) is 9.73. The molecule has 0 radical (unpaired) electrons. The summed E-state index contributed by atoms with van der Waals surface area (Å²) in [6.45, 7) is 7.77. The van der Waals surface area contributed by atoms with E-state index in [0.29, 0.717) is 5.41 Å². The van der Waals surface area contributed by atoms with Crippen LogP contribution in [0, 0.1) is 11.3 Å². The van der Waals surface area contributed by atoms with E-state index in [0.717, 1.165) is 25.7 Å². The molecule has 0 aromatic carbocycles. The van der Waals surface area contributed by atoms with E-state index in [4.69, 9.17) is 4.74 Å². The minimum atomic E-state index is 0.522. The third-order valence-corrected chi connectivity index (χ3v) is 3.36. The average Bonchev–Trinajstić information content (AvgIpc) is 2.01. The Kier molecular flexibility index (Phi) is 4.20. The van der Waals surface area contributed by atoms with Gasteiger partial charge in [-0.1, -0.05) is 20.3 Å². The van der Waals surface area contributed by atoms with Gasteiger partial charge < -0.3 is 10.1 Å². The number of nitrogens with one attached hydrogen (secondary N) is 1. The third-order valence-electron chi connectivity index (χ3n) is 3.36. The molecule has 0 bridgehead atoms. The number of ether oxygens (including phenoxy) is 1. The number of rotatable bonds is 6. The molecule has 0 amide bonds. The summed E-state index contributed by atoms with van der Waals surface area (Å²) in [4.78, 5) is 0. The lowest BCUT2D eigenvalue weighted by atomic mass is 9.72. The van der Waals surface area contributed by atoms with Crippen molar-refractivity contribution in [2.24, 2.45) is 11.3 Å². The van der Waals surface area contributed by atoms with Gasteiger partial charge in [0.15, 0.2) is 0 Å². The van der Waals surface area contributed by atoms with Gasteiger partial charge in [0.2, 0.25) is 0 Å². The van der Waals surface area contributed by atoms with Crippen molar-refractivity contribution in [3.63, 3.8) is 0 Å². The Morgan fingerprint density at radius 2 is 2.00 bits per heavy atom. The molecule has 0 saturated carbocycles. The summed E-state index contributed by atoms with van der Waals surface area (Å²) in [7, 11) is 2.02. The molecule has 1 aliphatic heterocycles. The average molecular weight is 185 g/mol. The second kappa shape index (κ2) is 4.97. The van der Waals surface area contributed by atoms with Crippen LogP contribution in [0.25, 0.3) is 0 Å². The van der Waals surface area contributed by atoms with Crippen molar-refractivity contribution in [2.75, 3.05) is 26.8 Å². The van der Waals surface area contributed by atoms with Crippen LogP contribution < -0.4 is 5.32 Å². The molecular weight excluding hydrogens is 162 g/mol. The van der Waals surface area contributed by atoms with Crippen LogP contribution >= 0.6 is 0 Å². The minimum absolute atomic E-state index is 0.522. The first-order chi connectivity index (χ1) is 6.21. The Balaban J connectivity index is 2.17. The molecule has 0 aliphatic carbocycles. The fraction of sp³-hybridized carbons (Fsp3) is 1.00. The zero-order valence-electron chi connectivity index (χ0n) is 9.23. The molecule has 1 fully saturated rings. The highest BCUT2D eigenvalue weighted by atomic mass is 16.5. The Morgan fingerprint density at radius 3 is 2.38 bits per heavy atom. The van der Waals surface area contributed by atoms with Crippen molar-refractivity contribution in [1.29, 1.82) is 0 Å². The van der Waals surface area contributed by atoms with Gasteiger partial charge in [0.1, 0.15) is 0 Å². The molecule has 0 unspecified atom stereocenters. The molecule has 1 N–H and O–H groups in total. The normalized spacial score (nSPS) is 20.3. The van der Waals surface area contributed by atoms with Crippen molar-refractivity contribution in [1.82, 2.24) is 5.32 Å². The fourth-order valence-corrected chi connectivity index (χ4v) is 1.91. The van der Waals surface area contributed by atoms with E-state index in [-0.39, 0.29) is 0 Å². The van der Waals surface area contributed by atoms with Gasteiger partial charge in [-0.3, -0.25) is 0 Å².